The molecule has 8 nitrogen and oxygen atoms in total. The first-order valence-corrected chi connectivity index (χ1v) is 10.4. The Morgan fingerprint density at radius 1 is 1.07 bits per heavy atom. The van der Waals surface area contributed by atoms with E-state index in [1.54, 1.807) is 12.4 Å². The smallest absolute Gasteiger partial charge is 0.274 e. The number of nitrogens with zero attached hydrogens (tertiary/aromatic N) is 7. The van der Waals surface area contributed by atoms with E-state index in [1.165, 1.54) is 18.5 Å². The molecule has 0 aromatic carbocycles. The van der Waals surface area contributed by atoms with Gasteiger partial charge in [0.25, 0.3) is 5.91 Å². The standard InChI is InChI=1S/C21H25N7O/c1-15-11-23-18(12-22-15)21(29)27-10-4-5-16(13-27)20-24-19-7-6-17(14-28(19)25-20)26-8-2-3-9-26/h6-7,11-12,14,16H,2-5,8-10,13H2,1H3/t16-/m1/s1. The summed E-state index contributed by atoms with van der Waals surface area (Å²) in [4.78, 5) is 30.3. The summed E-state index contributed by atoms with van der Waals surface area (Å²) in [6.07, 6.45) is 9.69. The maximum absolute atomic E-state index is 12.8. The number of likely N-dealkylation sites (tertiary alicyclic amines) is 1. The number of carbonyl (C=O) groups excluding carboxylic acids is 1. The van der Waals surface area contributed by atoms with Crippen LogP contribution < -0.4 is 4.90 Å². The number of aryl methyl sites for hydroxylation is 1. The van der Waals surface area contributed by atoms with Crippen LogP contribution in [0.15, 0.2) is 30.7 Å². The van der Waals surface area contributed by atoms with Crippen LogP contribution in [0.2, 0.25) is 0 Å². The van der Waals surface area contributed by atoms with Gasteiger partial charge in [0.05, 0.1) is 23.8 Å². The molecule has 2 aliphatic rings. The van der Waals surface area contributed by atoms with Gasteiger partial charge in [-0.25, -0.2) is 14.5 Å². The van der Waals surface area contributed by atoms with E-state index >= 15 is 0 Å². The quantitative estimate of drug-likeness (QED) is 0.682. The number of carbonyl (C=O) groups is 1. The number of anilines is 1. The summed E-state index contributed by atoms with van der Waals surface area (Å²) in [6.45, 7) is 5.42. The molecule has 2 fully saturated rings. The van der Waals surface area contributed by atoms with Gasteiger partial charge in [-0.2, -0.15) is 5.10 Å². The molecule has 1 amide bonds. The topological polar surface area (TPSA) is 79.5 Å². The molecule has 5 heterocycles. The molecule has 0 saturated carbocycles. The first-order chi connectivity index (χ1) is 14.2. The average Bonchev–Trinajstić information content (AvgIpc) is 3.43. The summed E-state index contributed by atoms with van der Waals surface area (Å²) >= 11 is 0. The Kier molecular flexibility index (Phi) is 4.61. The Hall–Kier alpha value is -3.03. The molecule has 8 heteroatoms. The molecule has 0 N–H and O–H groups in total. The number of rotatable bonds is 3. The van der Waals surface area contributed by atoms with E-state index in [4.69, 9.17) is 10.1 Å². The summed E-state index contributed by atoms with van der Waals surface area (Å²) in [7, 11) is 0. The molecule has 150 valence electrons. The molecular formula is C21H25N7O. The molecule has 0 spiro atoms. The van der Waals surface area contributed by atoms with Crippen molar-refractivity contribution in [1.82, 2.24) is 29.5 Å². The largest absolute Gasteiger partial charge is 0.370 e. The molecule has 0 aliphatic carbocycles. The minimum atomic E-state index is -0.0673. The number of hydrogen-bond acceptors (Lipinski definition) is 6. The molecule has 2 aliphatic heterocycles. The number of amides is 1. The summed E-state index contributed by atoms with van der Waals surface area (Å²) < 4.78 is 1.88. The molecule has 2 saturated heterocycles. The Labute approximate surface area is 169 Å². The SMILES string of the molecule is Cc1cnc(C(=O)N2CCC[C@@H](c3nc4ccc(N5CCCC5)cn4n3)C2)cn1. The summed E-state index contributed by atoms with van der Waals surface area (Å²) in [6, 6.07) is 4.17. The van der Waals surface area contributed by atoms with E-state index in [9.17, 15) is 4.79 Å². The molecule has 5 rings (SSSR count). The van der Waals surface area contributed by atoms with Gasteiger partial charge in [0, 0.05) is 38.3 Å². The number of hydrogen-bond donors (Lipinski definition) is 0. The lowest BCUT2D eigenvalue weighted by Crippen LogP contribution is -2.39. The van der Waals surface area contributed by atoms with Crippen LogP contribution in [0.3, 0.4) is 0 Å². The first-order valence-electron chi connectivity index (χ1n) is 10.4. The maximum atomic E-state index is 12.8. The van der Waals surface area contributed by atoms with Gasteiger partial charge < -0.3 is 9.80 Å². The highest BCUT2D eigenvalue weighted by molar-refractivity contribution is 5.92. The fourth-order valence-corrected chi connectivity index (χ4v) is 4.26. The van der Waals surface area contributed by atoms with E-state index in [2.05, 4.69) is 27.1 Å². The van der Waals surface area contributed by atoms with Crippen molar-refractivity contribution in [2.24, 2.45) is 0 Å². The Bertz CT molecular complexity index is 1020. The molecule has 0 radical (unpaired) electrons. The molecule has 0 unspecified atom stereocenters. The van der Waals surface area contributed by atoms with Crippen molar-refractivity contribution in [3.63, 3.8) is 0 Å². The third kappa shape index (κ3) is 3.54. The van der Waals surface area contributed by atoms with Crippen molar-refractivity contribution in [3.05, 3.63) is 47.9 Å². The lowest BCUT2D eigenvalue weighted by atomic mass is 9.97. The van der Waals surface area contributed by atoms with Crippen LogP contribution in [0.4, 0.5) is 5.69 Å². The monoisotopic (exact) mass is 391 g/mol. The van der Waals surface area contributed by atoms with Gasteiger partial charge in [-0.3, -0.25) is 9.78 Å². The van der Waals surface area contributed by atoms with Crippen LogP contribution in [-0.4, -0.2) is 61.6 Å². The predicted octanol–water partition coefficient (Wildman–Crippen LogP) is 2.45. The van der Waals surface area contributed by atoms with Crippen molar-refractivity contribution < 1.29 is 4.79 Å². The van der Waals surface area contributed by atoms with Crippen LogP contribution in [0.5, 0.6) is 0 Å². The van der Waals surface area contributed by atoms with Crippen molar-refractivity contribution in [2.45, 2.75) is 38.5 Å². The van der Waals surface area contributed by atoms with Gasteiger partial charge >= 0.3 is 0 Å². The Morgan fingerprint density at radius 2 is 1.93 bits per heavy atom. The predicted molar refractivity (Wildman–Crippen MR) is 109 cm³/mol. The van der Waals surface area contributed by atoms with Crippen LogP contribution in [0.25, 0.3) is 5.65 Å². The van der Waals surface area contributed by atoms with Gasteiger partial charge in [0.2, 0.25) is 0 Å². The van der Waals surface area contributed by atoms with E-state index in [0.29, 0.717) is 12.2 Å². The van der Waals surface area contributed by atoms with Gasteiger partial charge in [-0.15, -0.1) is 0 Å². The molecule has 3 aromatic heterocycles. The third-order valence-corrected chi connectivity index (χ3v) is 5.88. The van der Waals surface area contributed by atoms with Gasteiger partial charge in [0.15, 0.2) is 11.5 Å². The van der Waals surface area contributed by atoms with Crippen LogP contribution >= 0.6 is 0 Å². The lowest BCUT2D eigenvalue weighted by molar-refractivity contribution is 0.0698. The zero-order valence-corrected chi connectivity index (χ0v) is 16.7. The van der Waals surface area contributed by atoms with Crippen molar-refractivity contribution >= 4 is 17.2 Å². The lowest BCUT2D eigenvalue weighted by Gasteiger charge is -2.31. The maximum Gasteiger partial charge on any atom is 0.274 e. The van der Waals surface area contributed by atoms with Crippen LogP contribution in [0, 0.1) is 6.92 Å². The van der Waals surface area contributed by atoms with E-state index in [-0.39, 0.29) is 11.8 Å². The molecular weight excluding hydrogens is 366 g/mol. The molecule has 0 bridgehead atoms. The highest BCUT2D eigenvalue weighted by Crippen LogP contribution is 2.27. The van der Waals surface area contributed by atoms with Crippen LogP contribution in [-0.2, 0) is 0 Å². The summed E-state index contributed by atoms with van der Waals surface area (Å²) in [5, 5.41) is 4.76. The number of aromatic nitrogens is 5. The van der Waals surface area contributed by atoms with Gasteiger partial charge in [-0.05, 0) is 44.7 Å². The van der Waals surface area contributed by atoms with Gasteiger partial charge in [-0.1, -0.05) is 0 Å². The van der Waals surface area contributed by atoms with E-state index in [0.717, 1.165) is 49.6 Å². The average molecular weight is 391 g/mol. The minimum absolute atomic E-state index is 0.0673. The molecule has 29 heavy (non-hydrogen) atoms. The number of pyridine rings is 1. The summed E-state index contributed by atoms with van der Waals surface area (Å²) in [5.74, 6) is 0.889. The highest BCUT2D eigenvalue weighted by atomic mass is 16.2. The van der Waals surface area contributed by atoms with Crippen molar-refractivity contribution in [2.75, 3.05) is 31.1 Å². The second-order valence-electron chi connectivity index (χ2n) is 7.99. The van der Waals surface area contributed by atoms with Gasteiger partial charge in [0.1, 0.15) is 5.69 Å². The number of fused-ring (bicyclic) bond motifs is 1. The van der Waals surface area contributed by atoms with E-state index < -0.39 is 0 Å². The fourth-order valence-electron chi connectivity index (χ4n) is 4.26. The van der Waals surface area contributed by atoms with Crippen molar-refractivity contribution in [1.29, 1.82) is 0 Å². The normalized spacial score (nSPS) is 19.8. The second kappa shape index (κ2) is 7.42. The third-order valence-electron chi connectivity index (χ3n) is 5.88. The fraction of sp³-hybridized carbons (Fsp3) is 0.476. The van der Waals surface area contributed by atoms with Crippen molar-refractivity contribution in [3.8, 4) is 0 Å². The second-order valence-corrected chi connectivity index (χ2v) is 7.99. The Morgan fingerprint density at radius 3 is 2.72 bits per heavy atom. The minimum Gasteiger partial charge on any atom is -0.370 e. The summed E-state index contributed by atoms with van der Waals surface area (Å²) in [5.41, 5.74) is 3.26. The highest BCUT2D eigenvalue weighted by Gasteiger charge is 2.29. The van der Waals surface area contributed by atoms with Crippen LogP contribution in [0.1, 0.15) is 53.6 Å². The Balaban J connectivity index is 1.35. The zero-order valence-electron chi connectivity index (χ0n) is 16.7. The molecule has 3 aromatic rings. The van der Waals surface area contributed by atoms with E-state index in [1.807, 2.05) is 22.4 Å². The number of piperidine rings is 1. The first kappa shape index (κ1) is 18.0. The zero-order chi connectivity index (χ0) is 19.8. The molecule has 1 atom stereocenters.